The number of aromatic nitrogens is 2. The van der Waals surface area contributed by atoms with Crippen LogP contribution < -0.4 is 5.32 Å². The van der Waals surface area contributed by atoms with Crippen LogP contribution in [0, 0.1) is 13.8 Å². The third-order valence-electron chi connectivity index (χ3n) is 2.68. The van der Waals surface area contributed by atoms with Crippen molar-refractivity contribution in [3.8, 4) is 0 Å². The van der Waals surface area contributed by atoms with Crippen molar-refractivity contribution in [2.24, 2.45) is 7.05 Å². The van der Waals surface area contributed by atoms with E-state index in [4.69, 9.17) is 4.74 Å². The highest BCUT2D eigenvalue weighted by molar-refractivity contribution is 5.75. The van der Waals surface area contributed by atoms with Crippen molar-refractivity contribution < 1.29 is 14.3 Å². The van der Waals surface area contributed by atoms with Gasteiger partial charge in [-0.15, -0.1) is 0 Å². The Labute approximate surface area is 113 Å². The minimum absolute atomic E-state index is 0.601. The fraction of sp³-hybridized carbons (Fsp3) is 0.615. The van der Waals surface area contributed by atoms with Crippen LogP contribution in [0.15, 0.2) is 0 Å². The highest BCUT2D eigenvalue weighted by Gasteiger charge is 2.24. The summed E-state index contributed by atoms with van der Waals surface area (Å²) in [5.74, 6) is 0. The van der Waals surface area contributed by atoms with E-state index in [9.17, 15) is 9.59 Å². The molecule has 0 aromatic carbocycles. The number of aryl methyl sites for hydroxylation is 2. The zero-order valence-electron chi connectivity index (χ0n) is 12.3. The molecule has 6 nitrogen and oxygen atoms in total. The molecular weight excluding hydrogens is 246 g/mol. The maximum atomic E-state index is 11.7. The van der Waals surface area contributed by atoms with Gasteiger partial charge in [0, 0.05) is 18.3 Å². The molecule has 106 valence electrons. The van der Waals surface area contributed by atoms with Gasteiger partial charge in [-0.25, -0.2) is 4.79 Å². The topological polar surface area (TPSA) is 73.2 Å². The van der Waals surface area contributed by atoms with Gasteiger partial charge in [0.15, 0.2) is 0 Å². The third-order valence-corrected chi connectivity index (χ3v) is 2.68. The summed E-state index contributed by atoms with van der Waals surface area (Å²) in [5, 5.41) is 6.78. The van der Waals surface area contributed by atoms with E-state index < -0.39 is 17.7 Å². The van der Waals surface area contributed by atoms with Gasteiger partial charge in [-0.05, 0) is 34.6 Å². The first-order valence-electron chi connectivity index (χ1n) is 6.10. The molecule has 1 N–H and O–H groups in total. The molecule has 0 saturated carbocycles. The molecule has 0 aliphatic carbocycles. The number of alkyl carbamates (subject to hydrolysis) is 1. The van der Waals surface area contributed by atoms with Crippen molar-refractivity contribution in [2.75, 3.05) is 0 Å². The molecule has 0 fully saturated rings. The minimum atomic E-state index is -0.747. The quantitative estimate of drug-likeness (QED) is 0.847. The van der Waals surface area contributed by atoms with E-state index in [1.54, 1.807) is 39.4 Å². The molecule has 1 aromatic heterocycles. The molecule has 1 unspecified atom stereocenters. The number of amides is 1. The van der Waals surface area contributed by atoms with E-state index in [0.717, 1.165) is 5.69 Å². The lowest BCUT2D eigenvalue weighted by molar-refractivity contribution is -0.109. The summed E-state index contributed by atoms with van der Waals surface area (Å²) in [5.41, 5.74) is 1.67. The standard InChI is InChI=1S/C13H21N3O3/c1-8-11(9(2)16(6)15-8)10(7-17)14-12(18)19-13(3,4)5/h7,10H,1-6H3,(H,14,18). The average molecular weight is 267 g/mol. The first-order valence-corrected chi connectivity index (χ1v) is 6.10. The number of carbonyl (C=O) groups is 2. The van der Waals surface area contributed by atoms with Gasteiger partial charge in [-0.3, -0.25) is 4.68 Å². The summed E-state index contributed by atoms with van der Waals surface area (Å²) in [6.07, 6.45) is 0.0632. The molecule has 0 bridgehead atoms. The van der Waals surface area contributed by atoms with E-state index in [1.165, 1.54) is 0 Å². The predicted molar refractivity (Wildman–Crippen MR) is 70.9 cm³/mol. The van der Waals surface area contributed by atoms with Gasteiger partial charge in [0.2, 0.25) is 0 Å². The average Bonchev–Trinajstić information content (AvgIpc) is 2.48. The second-order valence-corrected chi connectivity index (χ2v) is 5.47. The number of ether oxygens (including phenoxy) is 1. The van der Waals surface area contributed by atoms with E-state index >= 15 is 0 Å². The predicted octanol–water partition coefficient (Wildman–Crippen LogP) is 1.80. The molecule has 6 heteroatoms. The minimum Gasteiger partial charge on any atom is -0.444 e. The fourth-order valence-corrected chi connectivity index (χ4v) is 1.85. The zero-order valence-corrected chi connectivity index (χ0v) is 12.3. The van der Waals surface area contributed by atoms with Crippen LogP contribution in [0.25, 0.3) is 0 Å². The van der Waals surface area contributed by atoms with Gasteiger partial charge in [0.05, 0.1) is 5.69 Å². The van der Waals surface area contributed by atoms with Gasteiger partial charge in [0.1, 0.15) is 17.9 Å². The summed E-state index contributed by atoms with van der Waals surface area (Å²) >= 11 is 0. The normalized spacial score (nSPS) is 12.9. The van der Waals surface area contributed by atoms with Crippen LogP contribution in [-0.4, -0.2) is 27.8 Å². The Morgan fingerprint density at radius 2 is 2.00 bits per heavy atom. The van der Waals surface area contributed by atoms with Crippen LogP contribution in [0.3, 0.4) is 0 Å². The lowest BCUT2D eigenvalue weighted by Gasteiger charge is -2.21. The monoisotopic (exact) mass is 267 g/mol. The third kappa shape index (κ3) is 3.81. The van der Waals surface area contributed by atoms with Crippen molar-refractivity contribution >= 4 is 12.4 Å². The molecule has 0 aliphatic heterocycles. The van der Waals surface area contributed by atoms with Crippen LogP contribution in [0.5, 0.6) is 0 Å². The van der Waals surface area contributed by atoms with Crippen molar-refractivity contribution in [3.63, 3.8) is 0 Å². The molecule has 0 radical (unpaired) electrons. The van der Waals surface area contributed by atoms with Gasteiger partial charge < -0.3 is 14.8 Å². The number of nitrogens with zero attached hydrogens (tertiary/aromatic N) is 2. The van der Waals surface area contributed by atoms with Gasteiger partial charge >= 0.3 is 6.09 Å². The zero-order chi connectivity index (χ0) is 14.8. The van der Waals surface area contributed by atoms with Crippen LogP contribution in [0.1, 0.15) is 43.8 Å². The lowest BCUT2D eigenvalue weighted by Crippen LogP contribution is -2.35. The Balaban J connectivity index is 2.90. The number of rotatable bonds is 3. The largest absolute Gasteiger partial charge is 0.444 e. The van der Waals surface area contributed by atoms with Crippen LogP contribution in [0.2, 0.25) is 0 Å². The molecule has 1 rings (SSSR count). The van der Waals surface area contributed by atoms with Crippen molar-refractivity contribution in [3.05, 3.63) is 17.0 Å². The smallest absolute Gasteiger partial charge is 0.408 e. The maximum Gasteiger partial charge on any atom is 0.408 e. The number of aldehydes is 1. The highest BCUT2D eigenvalue weighted by atomic mass is 16.6. The van der Waals surface area contributed by atoms with E-state index in [1.807, 2.05) is 6.92 Å². The van der Waals surface area contributed by atoms with Crippen molar-refractivity contribution in [1.82, 2.24) is 15.1 Å². The summed E-state index contributed by atoms with van der Waals surface area (Å²) in [6.45, 7) is 8.95. The van der Waals surface area contributed by atoms with Crippen LogP contribution in [-0.2, 0) is 16.6 Å². The molecule has 1 heterocycles. The molecule has 1 aromatic rings. The second-order valence-electron chi connectivity index (χ2n) is 5.47. The Kier molecular flexibility index (Phi) is 4.34. The first kappa shape index (κ1) is 15.2. The van der Waals surface area contributed by atoms with E-state index in [-0.39, 0.29) is 0 Å². The van der Waals surface area contributed by atoms with E-state index in [2.05, 4.69) is 10.4 Å². The number of nitrogens with one attached hydrogen (secondary N) is 1. The Bertz CT molecular complexity index is 486. The molecule has 1 amide bonds. The SMILES string of the molecule is Cc1nn(C)c(C)c1C(C=O)NC(=O)OC(C)(C)C. The molecule has 0 saturated heterocycles. The molecule has 0 spiro atoms. The number of carbonyl (C=O) groups excluding carboxylic acids is 2. The summed E-state index contributed by atoms with van der Waals surface area (Å²) in [4.78, 5) is 22.9. The molecule has 1 atom stereocenters. The first-order chi connectivity index (χ1) is 8.65. The number of hydrogen-bond acceptors (Lipinski definition) is 4. The maximum absolute atomic E-state index is 11.7. The van der Waals surface area contributed by atoms with Crippen LogP contribution in [0.4, 0.5) is 4.79 Å². The Hall–Kier alpha value is -1.85. The lowest BCUT2D eigenvalue weighted by atomic mass is 10.1. The van der Waals surface area contributed by atoms with E-state index in [0.29, 0.717) is 17.5 Å². The summed E-state index contributed by atoms with van der Waals surface area (Å²) in [6, 6.07) is -0.747. The Morgan fingerprint density at radius 3 is 2.37 bits per heavy atom. The highest BCUT2D eigenvalue weighted by Crippen LogP contribution is 2.20. The van der Waals surface area contributed by atoms with Crippen molar-refractivity contribution in [2.45, 2.75) is 46.3 Å². The molecule has 19 heavy (non-hydrogen) atoms. The second kappa shape index (κ2) is 5.42. The molecule has 0 aliphatic rings. The summed E-state index contributed by atoms with van der Waals surface area (Å²) in [7, 11) is 1.79. The Morgan fingerprint density at radius 1 is 1.42 bits per heavy atom. The summed E-state index contributed by atoms with van der Waals surface area (Å²) < 4.78 is 6.82. The number of hydrogen-bond donors (Lipinski definition) is 1. The van der Waals surface area contributed by atoms with Gasteiger partial charge in [-0.1, -0.05) is 0 Å². The van der Waals surface area contributed by atoms with Crippen molar-refractivity contribution in [1.29, 1.82) is 0 Å². The van der Waals surface area contributed by atoms with Gasteiger partial charge in [-0.2, -0.15) is 5.10 Å². The van der Waals surface area contributed by atoms with Crippen LogP contribution >= 0.6 is 0 Å². The molecular formula is C13H21N3O3. The fourth-order valence-electron chi connectivity index (χ4n) is 1.85. The van der Waals surface area contributed by atoms with Gasteiger partial charge in [0.25, 0.3) is 0 Å².